The second-order valence-corrected chi connectivity index (χ2v) is 3.37. The molecule has 0 saturated carbocycles. The molecular weight excluding hydrogens is 152 g/mol. The zero-order chi connectivity index (χ0) is 9.14. The van der Waals surface area contributed by atoms with Crippen LogP contribution >= 0.6 is 0 Å². The first-order valence-corrected chi connectivity index (χ1v) is 4.06. The van der Waals surface area contributed by atoms with Gasteiger partial charge in [0.25, 0.3) is 0 Å². The number of hydrogen-bond acceptors (Lipinski definition) is 2. The summed E-state index contributed by atoms with van der Waals surface area (Å²) in [5.41, 5.74) is 0.637. The molecule has 0 aliphatic heterocycles. The molecule has 0 aromatic rings. The third-order valence-electron chi connectivity index (χ3n) is 1.66. The minimum Gasteiger partial charge on any atom is -0.290 e. The van der Waals surface area contributed by atoms with Gasteiger partial charge in [0.1, 0.15) is 0 Å². The number of carbonyl (C=O) groups is 2. The van der Waals surface area contributed by atoms with Gasteiger partial charge in [-0.3, -0.25) is 9.59 Å². The van der Waals surface area contributed by atoms with Crippen LogP contribution in [0.3, 0.4) is 0 Å². The average Bonchev–Trinajstić information content (AvgIpc) is 1.96. The van der Waals surface area contributed by atoms with Gasteiger partial charge in [-0.2, -0.15) is 0 Å². The Labute approximate surface area is 72.0 Å². The van der Waals surface area contributed by atoms with E-state index in [1.165, 1.54) is 18.2 Å². The normalized spacial score (nSPS) is 17.1. The Morgan fingerprint density at radius 3 is 2.50 bits per heavy atom. The van der Waals surface area contributed by atoms with Crippen molar-refractivity contribution < 1.29 is 9.59 Å². The van der Waals surface area contributed by atoms with Gasteiger partial charge in [0.05, 0.1) is 0 Å². The molecule has 0 aromatic carbocycles. The molecule has 0 spiro atoms. The molecule has 12 heavy (non-hydrogen) atoms. The quantitative estimate of drug-likeness (QED) is 0.582. The van der Waals surface area contributed by atoms with E-state index in [4.69, 9.17) is 0 Å². The standard InChI is InChI=1S/C10H12O2/c1-7(2)5-8-6-9(11)3-4-10(8)12/h3-4,6-7H,5H2,1-2H3. The van der Waals surface area contributed by atoms with E-state index < -0.39 is 0 Å². The molecule has 2 heteroatoms. The first-order valence-electron chi connectivity index (χ1n) is 4.06. The molecule has 0 N–H and O–H groups in total. The fourth-order valence-corrected chi connectivity index (χ4v) is 1.16. The molecule has 1 rings (SSSR count). The highest BCUT2D eigenvalue weighted by atomic mass is 16.1. The lowest BCUT2D eigenvalue weighted by Gasteiger charge is -2.08. The predicted octanol–water partition coefficient (Wildman–Crippen LogP) is 1.67. The SMILES string of the molecule is CC(C)CC1=CC(=O)C=CC1=O. The van der Waals surface area contributed by atoms with Crippen LogP contribution in [0.2, 0.25) is 0 Å². The fourth-order valence-electron chi connectivity index (χ4n) is 1.16. The number of rotatable bonds is 2. The molecule has 1 aliphatic rings. The highest BCUT2D eigenvalue weighted by Gasteiger charge is 2.13. The lowest BCUT2D eigenvalue weighted by atomic mass is 9.95. The van der Waals surface area contributed by atoms with E-state index in [2.05, 4.69) is 0 Å². The molecule has 0 atom stereocenters. The zero-order valence-corrected chi connectivity index (χ0v) is 7.33. The summed E-state index contributed by atoms with van der Waals surface area (Å²) in [7, 11) is 0. The Balaban J connectivity index is 2.75. The average molecular weight is 164 g/mol. The van der Waals surface area contributed by atoms with Crippen LogP contribution in [0, 0.1) is 5.92 Å². The van der Waals surface area contributed by atoms with Crippen molar-refractivity contribution in [3.8, 4) is 0 Å². The van der Waals surface area contributed by atoms with Crippen molar-refractivity contribution in [2.24, 2.45) is 5.92 Å². The predicted molar refractivity (Wildman–Crippen MR) is 46.7 cm³/mol. The van der Waals surface area contributed by atoms with Crippen molar-refractivity contribution in [3.05, 3.63) is 23.8 Å². The van der Waals surface area contributed by atoms with Crippen molar-refractivity contribution in [1.29, 1.82) is 0 Å². The van der Waals surface area contributed by atoms with Gasteiger partial charge in [-0.1, -0.05) is 13.8 Å². The van der Waals surface area contributed by atoms with Crippen molar-refractivity contribution >= 4 is 11.6 Å². The maximum absolute atomic E-state index is 11.2. The van der Waals surface area contributed by atoms with Crippen molar-refractivity contribution in [3.63, 3.8) is 0 Å². The number of ketones is 2. The molecule has 0 aromatic heterocycles. The maximum Gasteiger partial charge on any atom is 0.182 e. The Morgan fingerprint density at radius 1 is 1.25 bits per heavy atom. The largest absolute Gasteiger partial charge is 0.290 e. The number of allylic oxidation sites excluding steroid dienone is 4. The van der Waals surface area contributed by atoms with Crippen LogP contribution < -0.4 is 0 Å². The third-order valence-corrected chi connectivity index (χ3v) is 1.66. The summed E-state index contributed by atoms with van der Waals surface area (Å²) in [4.78, 5) is 22.1. The fraction of sp³-hybridized carbons (Fsp3) is 0.400. The van der Waals surface area contributed by atoms with Crippen molar-refractivity contribution in [2.45, 2.75) is 20.3 Å². The smallest absolute Gasteiger partial charge is 0.182 e. The number of hydrogen-bond donors (Lipinski definition) is 0. The van der Waals surface area contributed by atoms with E-state index in [0.717, 1.165) is 0 Å². The van der Waals surface area contributed by atoms with E-state index in [9.17, 15) is 9.59 Å². The van der Waals surface area contributed by atoms with E-state index >= 15 is 0 Å². The Morgan fingerprint density at radius 2 is 1.92 bits per heavy atom. The zero-order valence-electron chi connectivity index (χ0n) is 7.33. The molecule has 0 saturated heterocycles. The highest BCUT2D eigenvalue weighted by molar-refractivity contribution is 6.17. The molecular formula is C10H12O2. The Kier molecular flexibility index (Phi) is 2.58. The monoisotopic (exact) mass is 164 g/mol. The van der Waals surface area contributed by atoms with Gasteiger partial charge in [0.2, 0.25) is 0 Å². The van der Waals surface area contributed by atoms with Gasteiger partial charge in [0, 0.05) is 5.57 Å². The van der Waals surface area contributed by atoms with Crippen LogP contribution in [-0.2, 0) is 9.59 Å². The third kappa shape index (κ3) is 2.16. The summed E-state index contributed by atoms with van der Waals surface area (Å²) >= 11 is 0. The van der Waals surface area contributed by atoms with Crippen molar-refractivity contribution in [1.82, 2.24) is 0 Å². The summed E-state index contributed by atoms with van der Waals surface area (Å²) in [6.07, 6.45) is 4.78. The van der Waals surface area contributed by atoms with Crippen LogP contribution in [0.15, 0.2) is 23.8 Å². The van der Waals surface area contributed by atoms with Crippen molar-refractivity contribution in [2.75, 3.05) is 0 Å². The van der Waals surface area contributed by atoms with Crippen LogP contribution in [0.1, 0.15) is 20.3 Å². The Bertz CT molecular complexity index is 270. The molecule has 0 heterocycles. The molecule has 0 unspecified atom stereocenters. The van der Waals surface area contributed by atoms with Crippen LogP contribution in [0.4, 0.5) is 0 Å². The van der Waals surface area contributed by atoms with Gasteiger partial charge >= 0.3 is 0 Å². The van der Waals surface area contributed by atoms with Crippen LogP contribution in [0.25, 0.3) is 0 Å². The molecule has 1 aliphatic carbocycles. The van der Waals surface area contributed by atoms with Gasteiger partial charge in [0.15, 0.2) is 11.6 Å². The first-order chi connectivity index (χ1) is 5.59. The lowest BCUT2D eigenvalue weighted by Crippen LogP contribution is -2.09. The van der Waals surface area contributed by atoms with Gasteiger partial charge < -0.3 is 0 Å². The highest BCUT2D eigenvalue weighted by Crippen LogP contribution is 2.14. The van der Waals surface area contributed by atoms with Gasteiger partial charge in [-0.15, -0.1) is 0 Å². The van der Waals surface area contributed by atoms with E-state index in [1.807, 2.05) is 13.8 Å². The van der Waals surface area contributed by atoms with Crippen LogP contribution in [0.5, 0.6) is 0 Å². The Hall–Kier alpha value is -1.18. The van der Waals surface area contributed by atoms with E-state index in [-0.39, 0.29) is 11.6 Å². The van der Waals surface area contributed by atoms with Gasteiger partial charge in [-0.25, -0.2) is 0 Å². The molecule has 64 valence electrons. The summed E-state index contributed by atoms with van der Waals surface area (Å²) in [5, 5.41) is 0. The topological polar surface area (TPSA) is 34.1 Å². The lowest BCUT2D eigenvalue weighted by molar-refractivity contribution is -0.114. The number of carbonyl (C=O) groups excluding carboxylic acids is 2. The molecule has 0 bridgehead atoms. The minimum atomic E-state index is -0.0785. The molecule has 0 fully saturated rings. The summed E-state index contributed by atoms with van der Waals surface area (Å²) in [5.74, 6) is 0.313. The molecule has 0 amide bonds. The van der Waals surface area contributed by atoms with E-state index in [0.29, 0.717) is 17.9 Å². The first kappa shape index (κ1) is 8.91. The molecule has 2 nitrogen and oxygen atoms in total. The maximum atomic E-state index is 11.2. The van der Waals surface area contributed by atoms with Crippen LogP contribution in [-0.4, -0.2) is 11.6 Å². The molecule has 0 radical (unpaired) electrons. The minimum absolute atomic E-state index is 0.0247. The second-order valence-electron chi connectivity index (χ2n) is 3.37. The summed E-state index contributed by atoms with van der Waals surface area (Å²) in [6, 6.07) is 0. The summed E-state index contributed by atoms with van der Waals surface area (Å²) in [6.45, 7) is 4.05. The van der Waals surface area contributed by atoms with E-state index in [1.54, 1.807) is 0 Å². The summed E-state index contributed by atoms with van der Waals surface area (Å²) < 4.78 is 0. The van der Waals surface area contributed by atoms with Gasteiger partial charge in [-0.05, 0) is 30.6 Å². The second kappa shape index (κ2) is 3.48.